The van der Waals surface area contributed by atoms with E-state index < -0.39 is 0 Å². The van der Waals surface area contributed by atoms with E-state index >= 15 is 0 Å². The van der Waals surface area contributed by atoms with Crippen molar-refractivity contribution in [1.82, 2.24) is 20.0 Å². The molecular formula is C15H17N5O2S. The van der Waals surface area contributed by atoms with Crippen molar-refractivity contribution in [2.24, 2.45) is 0 Å². The summed E-state index contributed by atoms with van der Waals surface area (Å²) in [6.07, 6.45) is 0. The van der Waals surface area contributed by atoms with E-state index in [1.165, 1.54) is 16.4 Å². The summed E-state index contributed by atoms with van der Waals surface area (Å²) in [4.78, 5) is 0. The highest BCUT2D eigenvalue weighted by Gasteiger charge is 2.13. The first-order valence-corrected chi connectivity index (χ1v) is 8.14. The summed E-state index contributed by atoms with van der Waals surface area (Å²) in [7, 11) is 0. The van der Waals surface area contributed by atoms with Gasteiger partial charge in [-0.05, 0) is 38.1 Å². The molecule has 0 fully saturated rings. The van der Waals surface area contributed by atoms with Crippen LogP contribution in [0.25, 0.3) is 11.4 Å². The second-order valence-corrected chi connectivity index (χ2v) is 5.79. The minimum Gasteiger partial charge on any atom is -0.494 e. The molecule has 0 unspecified atom stereocenters. The van der Waals surface area contributed by atoms with E-state index in [1.807, 2.05) is 44.2 Å². The molecule has 120 valence electrons. The number of ether oxygens (including phenoxy) is 1. The van der Waals surface area contributed by atoms with Crippen molar-refractivity contribution in [2.45, 2.75) is 24.8 Å². The lowest BCUT2D eigenvalue weighted by atomic mass is 10.2. The van der Waals surface area contributed by atoms with Gasteiger partial charge >= 0.3 is 0 Å². The van der Waals surface area contributed by atoms with Gasteiger partial charge in [0.05, 0.1) is 12.3 Å². The van der Waals surface area contributed by atoms with Gasteiger partial charge in [-0.15, -0.1) is 10.2 Å². The third-order valence-corrected chi connectivity index (χ3v) is 4.09. The molecule has 0 saturated carbocycles. The highest BCUT2D eigenvalue weighted by molar-refractivity contribution is 7.98. The van der Waals surface area contributed by atoms with Gasteiger partial charge in [0.1, 0.15) is 11.5 Å². The number of nitrogen functional groups attached to an aromatic ring is 1. The number of nitrogens with zero attached hydrogens (tertiary/aromatic N) is 4. The number of aryl methyl sites for hydroxylation is 1. The Balaban J connectivity index is 1.73. The van der Waals surface area contributed by atoms with Crippen LogP contribution in [0.1, 0.15) is 18.4 Å². The van der Waals surface area contributed by atoms with Crippen molar-refractivity contribution >= 4 is 11.8 Å². The average molecular weight is 331 g/mol. The van der Waals surface area contributed by atoms with Gasteiger partial charge in [-0.3, -0.25) is 0 Å². The third kappa shape index (κ3) is 3.48. The largest absolute Gasteiger partial charge is 0.494 e. The van der Waals surface area contributed by atoms with Crippen LogP contribution < -0.4 is 10.6 Å². The molecule has 3 rings (SSSR count). The summed E-state index contributed by atoms with van der Waals surface area (Å²) >= 11 is 1.46. The van der Waals surface area contributed by atoms with Crippen LogP contribution in [0.3, 0.4) is 0 Å². The molecule has 2 N–H and O–H groups in total. The van der Waals surface area contributed by atoms with Gasteiger partial charge in [-0.25, -0.2) is 4.68 Å². The maximum absolute atomic E-state index is 6.10. The molecule has 1 aromatic carbocycles. The van der Waals surface area contributed by atoms with Crippen LogP contribution in [0.5, 0.6) is 5.75 Å². The predicted molar refractivity (Wildman–Crippen MR) is 87.6 cm³/mol. The zero-order valence-electron chi connectivity index (χ0n) is 12.9. The van der Waals surface area contributed by atoms with Crippen molar-refractivity contribution in [2.75, 3.05) is 12.4 Å². The zero-order chi connectivity index (χ0) is 16.2. The summed E-state index contributed by atoms with van der Waals surface area (Å²) < 4.78 is 11.9. The quantitative estimate of drug-likeness (QED) is 0.548. The molecule has 3 aromatic rings. The van der Waals surface area contributed by atoms with E-state index in [-0.39, 0.29) is 0 Å². The maximum atomic E-state index is 6.10. The van der Waals surface area contributed by atoms with Crippen molar-refractivity contribution in [3.63, 3.8) is 0 Å². The molecule has 0 aliphatic rings. The Morgan fingerprint density at radius 1 is 1.26 bits per heavy atom. The summed E-state index contributed by atoms with van der Waals surface area (Å²) in [6.45, 7) is 4.44. The second-order valence-electron chi connectivity index (χ2n) is 4.85. The van der Waals surface area contributed by atoms with Crippen molar-refractivity contribution in [1.29, 1.82) is 0 Å². The lowest BCUT2D eigenvalue weighted by Gasteiger charge is -2.05. The number of hydrogen-bond acceptors (Lipinski definition) is 7. The average Bonchev–Trinajstić information content (AvgIpc) is 3.13. The Bertz CT molecular complexity index is 782. The van der Waals surface area contributed by atoms with Gasteiger partial charge in [-0.2, -0.15) is 0 Å². The summed E-state index contributed by atoms with van der Waals surface area (Å²) in [5, 5.41) is 12.9. The number of hydrogen-bond donors (Lipinski definition) is 1. The monoisotopic (exact) mass is 331 g/mol. The molecule has 2 aromatic heterocycles. The molecule has 2 heterocycles. The number of aromatic nitrogens is 4. The summed E-state index contributed by atoms with van der Waals surface area (Å²) in [5.74, 6) is 8.92. The molecule has 8 heteroatoms. The standard InChI is InChI=1S/C15H17N5O2S/c1-3-21-13-6-4-11(5-7-13)14-17-18-15(20(14)16)23-9-12-8-10(2)22-19-12/h4-8H,3,9,16H2,1-2H3. The van der Waals surface area contributed by atoms with E-state index in [4.69, 9.17) is 15.1 Å². The number of benzene rings is 1. The Kier molecular flexibility index (Phi) is 4.52. The number of thioether (sulfide) groups is 1. The normalized spacial score (nSPS) is 10.9. The van der Waals surface area contributed by atoms with Gasteiger partial charge in [0.2, 0.25) is 5.16 Å². The lowest BCUT2D eigenvalue weighted by molar-refractivity contribution is 0.340. The molecule has 0 radical (unpaired) electrons. The van der Waals surface area contributed by atoms with Crippen LogP contribution in [-0.4, -0.2) is 26.6 Å². The van der Waals surface area contributed by atoms with E-state index in [0.29, 0.717) is 23.3 Å². The molecule has 23 heavy (non-hydrogen) atoms. The smallest absolute Gasteiger partial charge is 0.210 e. The molecular weight excluding hydrogens is 314 g/mol. The Hall–Kier alpha value is -2.48. The van der Waals surface area contributed by atoms with Crippen LogP contribution >= 0.6 is 11.8 Å². The minimum absolute atomic E-state index is 0.604. The maximum Gasteiger partial charge on any atom is 0.210 e. The molecule has 7 nitrogen and oxygen atoms in total. The molecule has 0 amide bonds. The first-order valence-electron chi connectivity index (χ1n) is 7.16. The molecule has 0 aliphatic heterocycles. The van der Waals surface area contributed by atoms with E-state index in [2.05, 4.69) is 15.4 Å². The van der Waals surface area contributed by atoms with E-state index in [0.717, 1.165) is 22.8 Å². The van der Waals surface area contributed by atoms with E-state index in [1.54, 1.807) is 0 Å². The molecule has 0 spiro atoms. The van der Waals surface area contributed by atoms with Crippen LogP contribution in [0.4, 0.5) is 0 Å². The SMILES string of the molecule is CCOc1ccc(-c2nnc(SCc3cc(C)on3)n2N)cc1. The highest BCUT2D eigenvalue weighted by Crippen LogP contribution is 2.25. The Labute approximate surface area is 137 Å². The fraction of sp³-hybridized carbons (Fsp3) is 0.267. The van der Waals surface area contributed by atoms with Crippen molar-refractivity contribution in [3.8, 4) is 17.1 Å². The first-order chi connectivity index (χ1) is 11.2. The fourth-order valence-corrected chi connectivity index (χ4v) is 2.80. The minimum atomic E-state index is 0.604. The zero-order valence-corrected chi connectivity index (χ0v) is 13.7. The second kappa shape index (κ2) is 6.74. The molecule has 0 atom stereocenters. The third-order valence-electron chi connectivity index (χ3n) is 3.11. The number of nitrogens with two attached hydrogens (primary N) is 1. The Morgan fingerprint density at radius 3 is 2.70 bits per heavy atom. The van der Waals surface area contributed by atoms with Gasteiger partial charge < -0.3 is 15.1 Å². The lowest BCUT2D eigenvalue weighted by Crippen LogP contribution is -2.11. The summed E-state index contributed by atoms with van der Waals surface area (Å²) in [6, 6.07) is 9.48. The van der Waals surface area contributed by atoms with Crippen LogP contribution in [0.15, 0.2) is 40.0 Å². The van der Waals surface area contributed by atoms with E-state index in [9.17, 15) is 0 Å². The van der Waals surface area contributed by atoms with Gasteiger partial charge in [0, 0.05) is 17.4 Å². The summed E-state index contributed by atoms with van der Waals surface area (Å²) in [5.41, 5.74) is 1.73. The fourth-order valence-electron chi connectivity index (χ4n) is 2.06. The van der Waals surface area contributed by atoms with Gasteiger partial charge in [-0.1, -0.05) is 16.9 Å². The molecule has 0 bridgehead atoms. The van der Waals surface area contributed by atoms with Crippen LogP contribution in [0, 0.1) is 6.92 Å². The van der Waals surface area contributed by atoms with Gasteiger partial charge in [0.25, 0.3) is 0 Å². The van der Waals surface area contributed by atoms with Crippen molar-refractivity contribution in [3.05, 3.63) is 41.8 Å². The van der Waals surface area contributed by atoms with Crippen molar-refractivity contribution < 1.29 is 9.26 Å². The van der Waals surface area contributed by atoms with Crippen LogP contribution in [-0.2, 0) is 5.75 Å². The molecule has 0 aliphatic carbocycles. The van der Waals surface area contributed by atoms with Gasteiger partial charge in [0.15, 0.2) is 5.82 Å². The highest BCUT2D eigenvalue weighted by atomic mass is 32.2. The predicted octanol–water partition coefficient (Wildman–Crippen LogP) is 2.65. The first kappa shape index (κ1) is 15.4. The number of rotatable bonds is 6. The Morgan fingerprint density at radius 2 is 2.04 bits per heavy atom. The topological polar surface area (TPSA) is 92.0 Å². The van der Waals surface area contributed by atoms with Crippen LogP contribution in [0.2, 0.25) is 0 Å². The molecule has 0 saturated heterocycles.